The average Bonchev–Trinajstić information content (AvgIpc) is 3.17. The summed E-state index contributed by atoms with van der Waals surface area (Å²) in [7, 11) is 0. The first kappa shape index (κ1) is 14.8. The van der Waals surface area contributed by atoms with Gasteiger partial charge in [-0.3, -0.25) is 0 Å². The van der Waals surface area contributed by atoms with Crippen LogP contribution in [0.5, 0.6) is 0 Å². The van der Waals surface area contributed by atoms with Crippen LogP contribution >= 0.6 is 0 Å². The summed E-state index contributed by atoms with van der Waals surface area (Å²) in [6.45, 7) is 7.16. The molecule has 1 aliphatic rings. The number of carboxylic acids is 1. The topological polar surface area (TPSA) is 62.2 Å². The number of nitrogens with one attached hydrogen (secondary N) is 1. The molecule has 1 heterocycles. The molecule has 20 heavy (non-hydrogen) atoms. The molecule has 1 aromatic rings. The summed E-state index contributed by atoms with van der Waals surface area (Å²) >= 11 is 0. The normalized spacial score (nSPS) is 16.2. The summed E-state index contributed by atoms with van der Waals surface area (Å²) in [5, 5.41) is 12.5. The molecule has 0 spiro atoms. The number of hydrogen-bond donors (Lipinski definition) is 2. The molecule has 1 fully saturated rings. The number of nitrogens with zero attached hydrogens (tertiary/aromatic N) is 1. The number of aromatic carboxylic acids is 1. The molecule has 0 aliphatic heterocycles. The highest BCUT2D eigenvalue weighted by Crippen LogP contribution is 2.49. The highest BCUT2D eigenvalue weighted by Gasteiger charge is 2.41. The predicted octanol–water partition coefficient (Wildman–Crippen LogP) is 3.90. The summed E-state index contributed by atoms with van der Waals surface area (Å²) in [5.74, 6) is 0.0170. The summed E-state index contributed by atoms with van der Waals surface area (Å²) in [6.07, 6.45) is 4.96. The summed E-state index contributed by atoms with van der Waals surface area (Å²) < 4.78 is 0. The fourth-order valence-corrected chi connectivity index (χ4v) is 2.56. The fraction of sp³-hybridized carbons (Fsp3) is 0.625. The number of aromatic nitrogens is 1. The predicted molar refractivity (Wildman–Crippen MR) is 80.4 cm³/mol. The number of hydrogen-bond acceptors (Lipinski definition) is 3. The Kier molecular flexibility index (Phi) is 4.31. The van der Waals surface area contributed by atoms with Crippen LogP contribution in [0.25, 0.3) is 0 Å². The van der Waals surface area contributed by atoms with Crippen LogP contribution in [-0.4, -0.2) is 22.6 Å². The smallest absolute Gasteiger partial charge is 0.335 e. The third kappa shape index (κ3) is 3.50. The Morgan fingerprint density at radius 2 is 2.15 bits per heavy atom. The van der Waals surface area contributed by atoms with Crippen LogP contribution in [0, 0.1) is 5.41 Å². The van der Waals surface area contributed by atoms with E-state index in [-0.39, 0.29) is 5.92 Å². The third-order valence-electron chi connectivity index (χ3n) is 4.07. The minimum atomic E-state index is -0.896. The lowest BCUT2D eigenvalue weighted by Crippen LogP contribution is -2.17. The van der Waals surface area contributed by atoms with Crippen LogP contribution < -0.4 is 5.32 Å². The molecule has 0 atom stereocenters. The second-order valence-corrected chi connectivity index (χ2v) is 6.23. The van der Waals surface area contributed by atoms with Gasteiger partial charge in [0.05, 0.1) is 5.56 Å². The number of rotatable bonds is 7. The summed E-state index contributed by atoms with van der Waals surface area (Å²) in [5.41, 5.74) is 1.56. The molecule has 0 bridgehead atoms. The van der Waals surface area contributed by atoms with Crippen molar-refractivity contribution in [3.63, 3.8) is 0 Å². The zero-order chi connectivity index (χ0) is 14.8. The van der Waals surface area contributed by atoms with Crippen molar-refractivity contribution >= 4 is 11.8 Å². The Hall–Kier alpha value is -1.58. The van der Waals surface area contributed by atoms with Crippen molar-refractivity contribution in [2.24, 2.45) is 5.41 Å². The first-order chi connectivity index (χ1) is 9.46. The quantitative estimate of drug-likeness (QED) is 0.793. The van der Waals surface area contributed by atoms with E-state index in [0.717, 1.165) is 12.2 Å². The van der Waals surface area contributed by atoms with Gasteiger partial charge < -0.3 is 10.4 Å². The molecule has 2 N–H and O–H groups in total. The van der Waals surface area contributed by atoms with Gasteiger partial charge in [0, 0.05) is 12.2 Å². The Labute approximate surface area is 120 Å². The molecule has 4 nitrogen and oxygen atoms in total. The molecule has 1 saturated carbocycles. The fourth-order valence-electron chi connectivity index (χ4n) is 2.56. The number of anilines is 1. The van der Waals surface area contributed by atoms with Crippen LogP contribution in [0.3, 0.4) is 0 Å². The lowest BCUT2D eigenvalue weighted by Gasteiger charge is -2.16. The van der Waals surface area contributed by atoms with E-state index in [2.05, 4.69) is 17.2 Å². The van der Waals surface area contributed by atoms with E-state index >= 15 is 0 Å². The number of pyridine rings is 1. The van der Waals surface area contributed by atoms with Crippen LogP contribution in [0.4, 0.5) is 5.82 Å². The van der Waals surface area contributed by atoms with Crippen molar-refractivity contribution in [3.8, 4) is 0 Å². The van der Waals surface area contributed by atoms with Gasteiger partial charge in [0.25, 0.3) is 0 Å². The maximum Gasteiger partial charge on any atom is 0.335 e. The zero-order valence-corrected chi connectivity index (χ0v) is 12.6. The van der Waals surface area contributed by atoms with Gasteiger partial charge in [0.15, 0.2) is 0 Å². The molecule has 0 aromatic carbocycles. The second kappa shape index (κ2) is 5.81. The molecule has 0 amide bonds. The minimum absolute atomic E-state index is 0.223. The zero-order valence-electron chi connectivity index (χ0n) is 12.6. The molecule has 110 valence electrons. The lowest BCUT2D eigenvalue weighted by molar-refractivity contribution is 0.0696. The largest absolute Gasteiger partial charge is 0.478 e. The first-order valence-electron chi connectivity index (χ1n) is 7.45. The maximum atomic E-state index is 11.2. The Bertz CT molecular complexity index is 493. The van der Waals surface area contributed by atoms with Gasteiger partial charge in [-0.1, -0.05) is 27.2 Å². The van der Waals surface area contributed by atoms with E-state index in [4.69, 9.17) is 0 Å². The van der Waals surface area contributed by atoms with Gasteiger partial charge in [-0.15, -0.1) is 0 Å². The Morgan fingerprint density at radius 3 is 2.65 bits per heavy atom. The van der Waals surface area contributed by atoms with Crippen molar-refractivity contribution < 1.29 is 9.90 Å². The van der Waals surface area contributed by atoms with Crippen molar-refractivity contribution in [3.05, 3.63) is 23.4 Å². The Balaban J connectivity index is 2.12. The Morgan fingerprint density at radius 1 is 1.45 bits per heavy atom. The van der Waals surface area contributed by atoms with Crippen molar-refractivity contribution in [2.45, 2.75) is 52.4 Å². The van der Waals surface area contributed by atoms with Gasteiger partial charge in [-0.2, -0.15) is 0 Å². The summed E-state index contributed by atoms with van der Waals surface area (Å²) in [6, 6.07) is 3.30. The van der Waals surface area contributed by atoms with Gasteiger partial charge in [0.1, 0.15) is 5.82 Å². The van der Waals surface area contributed by atoms with Gasteiger partial charge >= 0.3 is 5.97 Å². The van der Waals surface area contributed by atoms with E-state index in [9.17, 15) is 9.90 Å². The molecule has 0 unspecified atom stereocenters. The number of carbonyl (C=O) groups is 1. The van der Waals surface area contributed by atoms with E-state index in [1.807, 2.05) is 13.8 Å². The van der Waals surface area contributed by atoms with E-state index in [0.29, 0.717) is 16.8 Å². The number of carboxylic acid groups (broad SMARTS) is 1. The van der Waals surface area contributed by atoms with Gasteiger partial charge in [-0.05, 0) is 42.7 Å². The lowest BCUT2D eigenvalue weighted by atomic mass is 10.0. The van der Waals surface area contributed by atoms with E-state index in [1.165, 1.54) is 25.7 Å². The highest BCUT2D eigenvalue weighted by molar-refractivity contribution is 5.88. The van der Waals surface area contributed by atoms with Gasteiger partial charge in [0.2, 0.25) is 0 Å². The van der Waals surface area contributed by atoms with E-state index in [1.54, 1.807) is 12.1 Å². The molecular weight excluding hydrogens is 252 g/mol. The summed E-state index contributed by atoms with van der Waals surface area (Å²) in [4.78, 5) is 15.7. The van der Waals surface area contributed by atoms with Crippen LogP contribution in [-0.2, 0) is 0 Å². The van der Waals surface area contributed by atoms with Crippen molar-refractivity contribution in [2.75, 3.05) is 11.9 Å². The highest BCUT2D eigenvalue weighted by atomic mass is 16.4. The maximum absolute atomic E-state index is 11.2. The molecule has 0 saturated heterocycles. The molecule has 2 rings (SSSR count). The van der Waals surface area contributed by atoms with E-state index < -0.39 is 5.97 Å². The monoisotopic (exact) mass is 276 g/mol. The van der Waals surface area contributed by atoms with Crippen molar-refractivity contribution in [1.29, 1.82) is 0 Å². The van der Waals surface area contributed by atoms with Crippen LogP contribution in [0.15, 0.2) is 12.1 Å². The van der Waals surface area contributed by atoms with Crippen LogP contribution in [0.2, 0.25) is 0 Å². The molecule has 1 aromatic heterocycles. The molecular formula is C16H24N2O2. The molecule has 1 aliphatic carbocycles. The molecule has 0 radical (unpaired) electrons. The first-order valence-corrected chi connectivity index (χ1v) is 7.45. The van der Waals surface area contributed by atoms with Gasteiger partial charge in [-0.25, -0.2) is 9.78 Å². The minimum Gasteiger partial charge on any atom is -0.478 e. The average molecular weight is 276 g/mol. The van der Waals surface area contributed by atoms with Crippen LogP contribution in [0.1, 0.15) is 68.4 Å². The van der Waals surface area contributed by atoms with Crippen molar-refractivity contribution in [1.82, 2.24) is 4.98 Å². The molecule has 4 heteroatoms. The SMILES string of the molecule is CCCC1(CNc2cc(C(=O)O)cc(C(C)C)n2)CC1. The standard InChI is InChI=1S/C16H24N2O2/c1-4-5-16(6-7-16)10-17-14-9-12(15(19)20)8-13(18-14)11(2)3/h8-9,11H,4-7,10H2,1-3H3,(H,17,18)(H,19,20). The third-order valence-corrected chi connectivity index (χ3v) is 4.07. The second-order valence-electron chi connectivity index (χ2n) is 6.23.